The van der Waals surface area contributed by atoms with Gasteiger partial charge in [-0.1, -0.05) is 12.1 Å². The van der Waals surface area contributed by atoms with Crippen LogP contribution >= 0.6 is 12.2 Å². The molecular formula is C28H36FN5O5S2. The van der Waals surface area contributed by atoms with Crippen molar-refractivity contribution >= 4 is 32.9 Å². The number of nitrogens with zero attached hydrogens (tertiary/aromatic N) is 4. The Morgan fingerprint density at radius 2 is 1.90 bits per heavy atom. The number of methoxy groups -OCH3 is 2. The molecule has 4 rings (SSSR count). The summed E-state index contributed by atoms with van der Waals surface area (Å²) < 4.78 is 58.3. The molecule has 0 spiro atoms. The van der Waals surface area contributed by atoms with Crippen molar-refractivity contribution in [1.82, 2.24) is 19.4 Å². The van der Waals surface area contributed by atoms with Gasteiger partial charge >= 0.3 is 0 Å². The number of morpholine rings is 1. The third-order valence-electron chi connectivity index (χ3n) is 6.72. The number of rotatable bonds is 13. The summed E-state index contributed by atoms with van der Waals surface area (Å²) in [6.07, 6.45) is 1.58. The molecule has 2 heterocycles. The highest BCUT2D eigenvalue weighted by Crippen LogP contribution is 2.22. The second kappa shape index (κ2) is 14.7. The van der Waals surface area contributed by atoms with Crippen LogP contribution in [0, 0.1) is 5.82 Å². The standard InChI is InChI=1S/C28H36FN5O5S2/c1-37-15-14-34-25(19-30-28(34)41(35,36)21-22-4-3-5-26(18-22)38-2)20-33(11-10-32-12-16-39-17-13-32)27(40)31-24-8-6-23(29)7-9-24/h3-9,18-19H,10-17,20-21H2,1-2H3,(H,31,40). The number of aromatic nitrogens is 2. The number of thiocarbonyl (C=S) groups is 1. The van der Waals surface area contributed by atoms with Gasteiger partial charge in [-0.3, -0.25) is 4.90 Å². The van der Waals surface area contributed by atoms with Crippen molar-refractivity contribution in [2.75, 3.05) is 65.5 Å². The van der Waals surface area contributed by atoms with Gasteiger partial charge in [0.25, 0.3) is 0 Å². The van der Waals surface area contributed by atoms with E-state index >= 15 is 0 Å². The van der Waals surface area contributed by atoms with E-state index in [4.69, 9.17) is 26.4 Å². The van der Waals surface area contributed by atoms with Crippen molar-refractivity contribution in [3.63, 3.8) is 0 Å². The molecule has 0 aliphatic carbocycles. The van der Waals surface area contributed by atoms with Gasteiger partial charge in [0.2, 0.25) is 15.0 Å². The maximum absolute atomic E-state index is 13.6. The van der Waals surface area contributed by atoms with Gasteiger partial charge in [0.05, 0.1) is 51.1 Å². The Bertz CT molecular complexity index is 1400. The number of benzene rings is 2. The number of halogens is 1. The Balaban J connectivity index is 1.58. The Morgan fingerprint density at radius 3 is 2.61 bits per heavy atom. The van der Waals surface area contributed by atoms with Crippen LogP contribution < -0.4 is 10.1 Å². The number of imidazole rings is 1. The van der Waals surface area contributed by atoms with Crippen LogP contribution in [0.4, 0.5) is 10.1 Å². The summed E-state index contributed by atoms with van der Waals surface area (Å²) in [4.78, 5) is 8.62. The molecule has 13 heteroatoms. The molecule has 3 aromatic rings. The molecule has 41 heavy (non-hydrogen) atoms. The van der Waals surface area contributed by atoms with E-state index in [2.05, 4.69) is 15.2 Å². The number of nitrogens with one attached hydrogen (secondary N) is 1. The van der Waals surface area contributed by atoms with Gasteiger partial charge in [0.15, 0.2) is 5.11 Å². The van der Waals surface area contributed by atoms with Crippen molar-refractivity contribution < 1.29 is 27.0 Å². The van der Waals surface area contributed by atoms with E-state index in [1.54, 1.807) is 54.3 Å². The summed E-state index contributed by atoms with van der Waals surface area (Å²) >= 11 is 5.77. The fourth-order valence-electron chi connectivity index (χ4n) is 4.50. The lowest BCUT2D eigenvalue weighted by Gasteiger charge is -2.31. The van der Waals surface area contributed by atoms with Crippen molar-refractivity contribution in [2.24, 2.45) is 0 Å². The molecule has 1 saturated heterocycles. The van der Waals surface area contributed by atoms with Crippen molar-refractivity contribution in [3.8, 4) is 5.75 Å². The topological polar surface area (TPSA) is 98.2 Å². The monoisotopic (exact) mass is 605 g/mol. The molecule has 0 unspecified atom stereocenters. The zero-order valence-corrected chi connectivity index (χ0v) is 24.9. The van der Waals surface area contributed by atoms with Crippen LogP contribution in [0.1, 0.15) is 11.3 Å². The highest BCUT2D eigenvalue weighted by Gasteiger charge is 2.26. The summed E-state index contributed by atoms with van der Waals surface area (Å²) in [7, 11) is -0.694. The Labute approximate surface area is 245 Å². The van der Waals surface area contributed by atoms with Crippen LogP contribution in [0.5, 0.6) is 5.75 Å². The third-order valence-corrected chi connectivity index (χ3v) is 8.67. The largest absolute Gasteiger partial charge is 0.497 e. The summed E-state index contributed by atoms with van der Waals surface area (Å²) in [6, 6.07) is 12.9. The van der Waals surface area contributed by atoms with E-state index in [1.165, 1.54) is 19.2 Å². The molecule has 0 radical (unpaired) electrons. The molecule has 1 aromatic heterocycles. The molecular weight excluding hydrogens is 569 g/mol. The minimum Gasteiger partial charge on any atom is -0.497 e. The van der Waals surface area contributed by atoms with Crippen LogP contribution in [0.3, 0.4) is 0 Å². The lowest BCUT2D eigenvalue weighted by Crippen LogP contribution is -2.44. The number of anilines is 1. The molecule has 2 aromatic carbocycles. The number of sulfone groups is 1. The molecule has 0 amide bonds. The Kier molecular flexibility index (Phi) is 11.1. The van der Waals surface area contributed by atoms with Crippen molar-refractivity contribution in [1.29, 1.82) is 0 Å². The van der Waals surface area contributed by atoms with E-state index < -0.39 is 9.84 Å². The number of hydrogen-bond acceptors (Lipinski definition) is 8. The first-order valence-electron chi connectivity index (χ1n) is 13.3. The second-order valence-electron chi connectivity index (χ2n) is 9.60. The first-order chi connectivity index (χ1) is 19.8. The molecule has 0 saturated carbocycles. The predicted molar refractivity (Wildman–Crippen MR) is 158 cm³/mol. The van der Waals surface area contributed by atoms with E-state index in [-0.39, 0.29) is 16.7 Å². The number of hydrogen-bond donors (Lipinski definition) is 1. The highest BCUT2D eigenvalue weighted by atomic mass is 32.2. The minimum absolute atomic E-state index is 0.0297. The average molecular weight is 606 g/mol. The molecule has 1 fully saturated rings. The first kappa shape index (κ1) is 30.8. The van der Waals surface area contributed by atoms with Gasteiger partial charge in [-0.15, -0.1) is 0 Å². The SMILES string of the molecule is COCCn1c(CN(CCN2CCOCC2)C(=S)Nc2ccc(F)cc2)cnc1S(=O)(=O)Cc1cccc(OC)c1. The first-order valence-corrected chi connectivity index (χ1v) is 15.4. The van der Waals surface area contributed by atoms with Crippen LogP contribution in [0.2, 0.25) is 0 Å². The zero-order valence-electron chi connectivity index (χ0n) is 23.3. The number of ether oxygens (including phenoxy) is 3. The van der Waals surface area contributed by atoms with Crippen LogP contribution in [-0.4, -0.2) is 93.1 Å². The second-order valence-corrected chi connectivity index (χ2v) is 11.9. The fourth-order valence-corrected chi connectivity index (χ4v) is 6.28. The molecule has 1 N–H and O–H groups in total. The molecule has 222 valence electrons. The fraction of sp³-hybridized carbons (Fsp3) is 0.429. The Hall–Kier alpha value is -3.10. The highest BCUT2D eigenvalue weighted by molar-refractivity contribution is 7.90. The smallest absolute Gasteiger partial charge is 0.228 e. The van der Waals surface area contributed by atoms with E-state index in [0.29, 0.717) is 67.3 Å². The van der Waals surface area contributed by atoms with E-state index in [1.807, 2.05) is 4.90 Å². The van der Waals surface area contributed by atoms with Crippen molar-refractivity contribution in [2.45, 2.75) is 24.0 Å². The lowest BCUT2D eigenvalue weighted by molar-refractivity contribution is 0.0357. The van der Waals surface area contributed by atoms with Gasteiger partial charge in [-0.25, -0.2) is 17.8 Å². The molecule has 10 nitrogen and oxygen atoms in total. The lowest BCUT2D eigenvalue weighted by atomic mass is 10.2. The molecule has 1 aliphatic rings. The van der Waals surface area contributed by atoms with Gasteiger partial charge in [0, 0.05) is 45.5 Å². The maximum atomic E-state index is 13.6. The van der Waals surface area contributed by atoms with Gasteiger partial charge in [-0.05, 0) is 54.2 Å². The summed E-state index contributed by atoms with van der Waals surface area (Å²) in [5.74, 6) is 0.0217. The quantitative estimate of drug-likeness (QED) is 0.293. The summed E-state index contributed by atoms with van der Waals surface area (Å²) in [6.45, 7) is 5.23. The molecule has 0 bridgehead atoms. The van der Waals surface area contributed by atoms with Gasteiger partial charge < -0.3 is 29.0 Å². The average Bonchev–Trinajstić information content (AvgIpc) is 3.39. The van der Waals surface area contributed by atoms with E-state index in [9.17, 15) is 12.8 Å². The minimum atomic E-state index is -3.80. The molecule has 1 aliphatic heterocycles. The Morgan fingerprint density at radius 1 is 1.15 bits per heavy atom. The maximum Gasteiger partial charge on any atom is 0.228 e. The van der Waals surface area contributed by atoms with Crippen LogP contribution in [-0.2, 0) is 38.2 Å². The normalized spacial score (nSPS) is 14.1. The van der Waals surface area contributed by atoms with Gasteiger partial charge in [-0.2, -0.15) is 0 Å². The summed E-state index contributed by atoms with van der Waals surface area (Å²) in [5, 5.41) is 3.59. The van der Waals surface area contributed by atoms with Crippen molar-refractivity contribution in [3.05, 3.63) is 71.8 Å². The van der Waals surface area contributed by atoms with E-state index in [0.717, 1.165) is 19.6 Å². The predicted octanol–water partition coefficient (Wildman–Crippen LogP) is 3.18. The third kappa shape index (κ3) is 8.69. The van der Waals surface area contributed by atoms with Crippen LogP contribution in [0.25, 0.3) is 0 Å². The van der Waals surface area contributed by atoms with Crippen LogP contribution in [0.15, 0.2) is 59.9 Å². The molecule has 0 atom stereocenters. The summed E-state index contributed by atoms with van der Waals surface area (Å²) in [5.41, 5.74) is 1.93. The zero-order chi connectivity index (χ0) is 29.2. The van der Waals surface area contributed by atoms with Gasteiger partial charge in [0.1, 0.15) is 11.6 Å².